The molecule has 0 fully saturated rings. The lowest BCUT2D eigenvalue weighted by Gasteiger charge is -2.21. The van der Waals surface area contributed by atoms with Gasteiger partial charge in [0.1, 0.15) is 17.6 Å². The highest BCUT2D eigenvalue weighted by molar-refractivity contribution is 6.30. The number of rotatable bonds is 13. The Morgan fingerprint density at radius 2 is 1.69 bits per heavy atom. The highest BCUT2D eigenvalue weighted by atomic mass is 35.5. The Labute approximate surface area is 250 Å². The Kier molecular flexibility index (Phi) is 10.6. The second-order valence-electron chi connectivity index (χ2n) is 9.89. The number of imidazole rings is 1. The summed E-state index contributed by atoms with van der Waals surface area (Å²) in [7, 11) is 2.66. The molecule has 1 N–H and O–H groups in total. The van der Waals surface area contributed by atoms with E-state index >= 15 is 0 Å². The summed E-state index contributed by atoms with van der Waals surface area (Å²) in [5.41, 5.74) is 3.43. The Morgan fingerprint density at radius 1 is 0.952 bits per heavy atom. The monoisotopic (exact) mass is 590 g/mol. The van der Waals surface area contributed by atoms with Gasteiger partial charge in [0, 0.05) is 31.3 Å². The van der Waals surface area contributed by atoms with Crippen LogP contribution in [0.4, 0.5) is 5.69 Å². The minimum Gasteiger partial charge on any atom is -0.469 e. The summed E-state index contributed by atoms with van der Waals surface area (Å²) >= 11 is 6.43. The van der Waals surface area contributed by atoms with E-state index in [1.807, 2.05) is 59.2 Å². The average Bonchev–Trinajstić information content (AvgIpc) is 3.60. The molecule has 0 aliphatic carbocycles. The summed E-state index contributed by atoms with van der Waals surface area (Å²) < 4.78 is 13.4. The first-order valence-electron chi connectivity index (χ1n) is 13.8. The molecule has 10 heteroatoms. The van der Waals surface area contributed by atoms with Gasteiger partial charge in [0.15, 0.2) is 5.15 Å². The molecule has 2 aromatic heterocycles. The minimum atomic E-state index is -0.689. The van der Waals surface area contributed by atoms with Crippen molar-refractivity contribution in [3.05, 3.63) is 106 Å². The van der Waals surface area contributed by atoms with Gasteiger partial charge < -0.3 is 23.9 Å². The van der Waals surface area contributed by atoms with Gasteiger partial charge in [0.05, 0.1) is 26.3 Å². The number of esters is 2. The third-order valence-electron chi connectivity index (χ3n) is 7.04. The second kappa shape index (κ2) is 14.5. The van der Waals surface area contributed by atoms with Crippen molar-refractivity contribution in [3.63, 3.8) is 0 Å². The van der Waals surface area contributed by atoms with E-state index in [9.17, 15) is 14.4 Å². The molecule has 42 heavy (non-hydrogen) atoms. The molecule has 2 heterocycles. The molecule has 1 atom stereocenters. The third-order valence-corrected chi connectivity index (χ3v) is 7.34. The number of halogens is 1. The van der Waals surface area contributed by atoms with Gasteiger partial charge in [-0.2, -0.15) is 0 Å². The Bertz CT molecular complexity index is 1510. The Hall–Kier alpha value is -4.37. The van der Waals surface area contributed by atoms with Crippen LogP contribution < -0.4 is 5.32 Å². The zero-order chi connectivity index (χ0) is 30.1. The quantitative estimate of drug-likeness (QED) is 0.202. The maximum Gasteiger partial charge on any atom is 0.354 e. The molecule has 0 saturated heterocycles. The van der Waals surface area contributed by atoms with Crippen LogP contribution in [0.3, 0.4) is 0 Å². The fourth-order valence-electron chi connectivity index (χ4n) is 4.79. The first-order chi connectivity index (χ1) is 20.3. The number of unbranched alkanes of at least 4 members (excludes halogenated alkanes) is 1. The smallest absolute Gasteiger partial charge is 0.354 e. The number of nitrogens with zero attached hydrogens (tertiary/aromatic N) is 3. The van der Waals surface area contributed by atoms with Gasteiger partial charge in [0.25, 0.3) is 0 Å². The molecule has 2 aromatic carbocycles. The molecule has 1 amide bonds. The number of amides is 1. The maximum atomic E-state index is 13.6. The highest BCUT2D eigenvalue weighted by Crippen LogP contribution is 2.24. The van der Waals surface area contributed by atoms with Gasteiger partial charge in [-0.25, -0.2) is 9.78 Å². The number of benzene rings is 2. The molecule has 0 saturated carbocycles. The number of aryl methyl sites for hydroxylation is 1. The highest BCUT2D eigenvalue weighted by Gasteiger charge is 2.25. The van der Waals surface area contributed by atoms with E-state index in [2.05, 4.69) is 17.2 Å². The molecule has 0 radical (unpaired) electrons. The topological polar surface area (TPSA) is 104 Å². The van der Waals surface area contributed by atoms with Crippen LogP contribution >= 0.6 is 11.6 Å². The number of nitrogens with one attached hydrogen (secondary N) is 1. The van der Waals surface area contributed by atoms with E-state index < -0.39 is 12.0 Å². The zero-order valence-electron chi connectivity index (χ0n) is 24.0. The molecule has 1 unspecified atom stereocenters. The van der Waals surface area contributed by atoms with E-state index in [0.717, 1.165) is 36.2 Å². The van der Waals surface area contributed by atoms with Crippen molar-refractivity contribution in [2.24, 2.45) is 0 Å². The predicted octanol–water partition coefficient (Wildman–Crippen LogP) is 5.65. The molecule has 4 rings (SSSR count). The molecule has 0 spiro atoms. The van der Waals surface area contributed by atoms with Crippen LogP contribution in [0.2, 0.25) is 5.15 Å². The number of hydrogen-bond acceptors (Lipinski definition) is 6. The summed E-state index contributed by atoms with van der Waals surface area (Å²) in [6.07, 6.45) is 4.80. The SMILES string of the molecule is CCCCc1nc(Cl)c(CC(=O)OC)n1Cc1ccc(NC(=O)C(Cc2ccccc2)n2cccc2C(=O)OC)cc1. The Balaban J connectivity index is 1.55. The van der Waals surface area contributed by atoms with Crippen molar-refractivity contribution in [2.75, 3.05) is 19.5 Å². The summed E-state index contributed by atoms with van der Waals surface area (Å²) in [4.78, 5) is 42.6. The number of carbonyl (C=O) groups is 3. The number of anilines is 1. The lowest BCUT2D eigenvalue weighted by molar-refractivity contribution is -0.139. The second-order valence-corrected chi connectivity index (χ2v) is 10.3. The third kappa shape index (κ3) is 7.47. The molecule has 0 bridgehead atoms. The first kappa shape index (κ1) is 30.6. The van der Waals surface area contributed by atoms with Crippen LogP contribution in [-0.2, 0) is 44.9 Å². The van der Waals surface area contributed by atoms with Gasteiger partial charge in [-0.15, -0.1) is 0 Å². The maximum absolute atomic E-state index is 13.6. The summed E-state index contributed by atoms with van der Waals surface area (Å²) in [6, 6.07) is 19.8. The van der Waals surface area contributed by atoms with Crippen molar-refractivity contribution in [3.8, 4) is 0 Å². The number of methoxy groups -OCH3 is 2. The van der Waals surface area contributed by atoms with E-state index in [4.69, 9.17) is 21.1 Å². The van der Waals surface area contributed by atoms with Crippen molar-refractivity contribution >= 4 is 35.1 Å². The van der Waals surface area contributed by atoms with Crippen LogP contribution in [0.25, 0.3) is 0 Å². The van der Waals surface area contributed by atoms with Gasteiger partial charge in [-0.1, -0.05) is 67.4 Å². The first-order valence-corrected chi connectivity index (χ1v) is 14.2. The van der Waals surface area contributed by atoms with E-state index in [0.29, 0.717) is 35.2 Å². The van der Waals surface area contributed by atoms with Crippen LogP contribution in [0, 0.1) is 0 Å². The summed E-state index contributed by atoms with van der Waals surface area (Å²) in [5, 5.41) is 3.30. The molecule has 9 nitrogen and oxygen atoms in total. The van der Waals surface area contributed by atoms with Crippen LogP contribution in [0.1, 0.15) is 58.9 Å². The standard InChI is InChI=1S/C32H35ClN4O5/c1-4-5-13-28-35-30(33)26(20-29(38)41-2)37(28)21-23-14-16-24(17-15-23)34-31(39)27(19-22-10-7-6-8-11-22)36-18-9-12-25(36)32(40)42-3/h6-12,14-18,27H,4-5,13,19-21H2,1-3H3,(H,34,39). The van der Waals surface area contributed by atoms with Gasteiger partial charge in [-0.05, 0) is 41.8 Å². The van der Waals surface area contributed by atoms with Crippen LogP contribution in [0.15, 0.2) is 72.9 Å². The van der Waals surface area contributed by atoms with E-state index in [1.165, 1.54) is 14.2 Å². The summed E-state index contributed by atoms with van der Waals surface area (Å²) in [6.45, 7) is 2.57. The summed E-state index contributed by atoms with van der Waals surface area (Å²) in [5.74, 6) is -0.354. The van der Waals surface area contributed by atoms with Gasteiger partial charge >= 0.3 is 11.9 Å². The van der Waals surface area contributed by atoms with Crippen molar-refractivity contribution < 1.29 is 23.9 Å². The van der Waals surface area contributed by atoms with Gasteiger partial charge in [-0.3, -0.25) is 9.59 Å². The fraction of sp³-hybridized carbons (Fsp3) is 0.312. The normalized spacial score (nSPS) is 11.6. The molecular weight excluding hydrogens is 556 g/mol. The zero-order valence-corrected chi connectivity index (χ0v) is 24.8. The molecule has 0 aliphatic rings. The van der Waals surface area contributed by atoms with E-state index in [-0.39, 0.29) is 18.3 Å². The predicted molar refractivity (Wildman–Crippen MR) is 161 cm³/mol. The van der Waals surface area contributed by atoms with Crippen molar-refractivity contribution in [2.45, 2.75) is 51.6 Å². The van der Waals surface area contributed by atoms with Crippen LogP contribution in [0.5, 0.6) is 0 Å². The molecule has 220 valence electrons. The number of aromatic nitrogens is 3. The van der Waals surface area contributed by atoms with E-state index in [1.54, 1.807) is 22.9 Å². The number of ether oxygens (including phenoxy) is 2. The minimum absolute atomic E-state index is 0.0261. The Morgan fingerprint density at radius 3 is 2.36 bits per heavy atom. The average molecular weight is 591 g/mol. The fourth-order valence-corrected chi connectivity index (χ4v) is 5.06. The molecule has 0 aliphatic heterocycles. The molecular formula is C32H35ClN4O5. The number of carbonyl (C=O) groups excluding carboxylic acids is 3. The lowest BCUT2D eigenvalue weighted by atomic mass is 10.0. The van der Waals surface area contributed by atoms with Crippen molar-refractivity contribution in [1.82, 2.24) is 14.1 Å². The number of hydrogen-bond donors (Lipinski definition) is 1. The van der Waals surface area contributed by atoms with Crippen LogP contribution in [-0.4, -0.2) is 46.2 Å². The van der Waals surface area contributed by atoms with Gasteiger partial charge in [0.2, 0.25) is 5.91 Å². The van der Waals surface area contributed by atoms with Crippen molar-refractivity contribution in [1.29, 1.82) is 0 Å². The lowest BCUT2D eigenvalue weighted by Crippen LogP contribution is -2.29. The molecule has 4 aromatic rings. The largest absolute Gasteiger partial charge is 0.469 e.